The number of pyridine rings is 1. The highest BCUT2D eigenvalue weighted by Crippen LogP contribution is 2.40. The number of imide groups is 1. The molecule has 0 spiro atoms. The maximum Gasteiger partial charge on any atom is 0.277 e. The predicted molar refractivity (Wildman–Crippen MR) is 247 cm³/mol. The van der Waals surface area contributed by atoms with Gasteiger partial charge in [0.1, 0.15) is 17.7 Å². The summed E-state index contributed by atoms with van der Waals surface area (Å²) in [6.45, 7) is 7.22. The molecule has 4 aromatic rings. The van der Waals surface area contributed by atoms with Crippen molar-refractivity contribution in [1.29, 1.82) is 0 Å². The summed E-state index contributed by atoms with van der Waals surface area (Å²) >= 11 is 8.05. The van der Waals surface area contributed by atoms with E-state index in [2.05, 4.69) is 43.2 Å². The standard InChI is InChI=1S/C44H57ClN10O8S/c1-44(47)16-20-54(21-17-44)35-12-11-34(41(46)52-35)64-33-9-3-8-31(40(33)45)51-37(57)15-14-36(56)49-19-5-23-62-25-27-63-26-24-61-22-4-18-48-30-7-2-6-29-28-50-55(43(60)39(29)30)32-10-13-38(58)53-42(32)59/h2-3,6-9,11-12,28,32,48H,4-5,10,13-27,47H2,1H3,(H2,46,52)(H,49,56)(H,51,57)(H,53,58,59). The second-order valence-electron chi connectivity index (χ2n) is 15.9. The first-order chi connectivity index (χ1) is 30.9. The smallest absolute Gasteiger partial charge is 0.277 e. The third kappa shape index (κ3) is 13.8. The predicted octanol–water partition coefficient (Wildman–Crippen LogP) is 4.25. The molecule has 1 unspecified atom stereocenters. The van der Waals surface area contributed by atoms with Gasteiger partial charge in [-0.15, -0.1) is 0 Å². The molecule has 1 atom stereocenters. The monoisotopic (exact) mass is 920 g/mol. The molecule has 2 aliphatic heterocycles. The minimum absolute atomic E-state index is 0.00564. The molecule has 344 valence electrons. The minimum Gasteiger partial charge on any atom is -0.384 e. The first kappa shape index (κ1) is 48.2. The van der Waals surface area contributed by atoms with E-state index < -0.39 is 17.5 Å². The number of nitrogens with two attached hydrogens (primary N) is 2. The molecule has 0 bridgehead atoms. The number of ether oxygens (including phenoxy) is 3. The number of rotatable bonds is 23. The molecule has 0 saturated carbocycles. The number of benzene rings is 2. The summed E-state index contributed by atoms with van der Waals surface area (Å²) < 4.78 is 18.0. The molecule has 6 rings (SSSR count). The topological polar surface area (TPSA) is 247 Å². The van der Waals surface area contributed by atoms with Crippen LogP contribution in [0.1, 0.15) is 64.3 Å². The number of hydrogen-bond acceptors (Lipinski definition) is 15. The minimum atomic E-state index is -0.834. The van der Waals surface area contributed by atoms with Crippen LogP contribution in [0, 0.1) is 0 Å². The van der Waals surface area contributed by atoms with Crippen molar-refractivity contribution < 1.29 is 33.4 Å². The van der Waals surface area contributed by atoms with Gasteiger partial charge in [0.05, 0.1) is 53.6 Å². The Bertz CT molecular complexity index is 2320. The number of fused-ring (bicyclic) bond motifs is 1. The Kier molecular flexibility index (Phi) is 17.7. The molecule has 2 fully saturated rings. The van der Waals surface area contributed by atoms with E-state index in [0.29, 0.717) is 103 Å². The molecule has 2 aromatic heterocycles. The van der Waals surface area contributed by atoms with Crippen LogP contribution in [0.2, 0.25) is 5.02 Å². The van der Waals surface area contributed by atoms with Crippen molar-refractivity contribution in [2.45, 2.75) is 79.7 Å². The molecule has 4 heterocycles. The van der Waals surface area contributed by atoms with E-state index in [-0.39, 0.29) is 48.9 Å². The van der Waals surface area contributed by atoms with Crippen LogP contribution in [0.3, 0.4) is 0 Å². The number of carbonyl (C=O) groups is 4. The molecule has 2 aromatic carbocycles. The molecule has 8 N–H and O–H groups in total. The Labute approximate surface area is 380 Å². The second-order valence-corrected chi connectivity index (χ2v) is 17.4. The number of aromatic nitrogens is 3. The number of nitrogens with zero attached hydrogens (tertiary/aromatic N) is 4. The molecule has 4 amide bonds. The SMILES string of the molecule is CC1(N)CCN(c2ccc(Sc3cccc(NC(=O)CCC(=O)NCCCOCCOCCOCCCNc4cccc5cnn(C6CCC(=O)NC6=O)c(=O)c45)c3Cl)c(N)n2)CC1. The van der Waals surface area contributed by atoms with Gasteiger partial charge in [-0.05, 0) is 69.4 Å². The molecule has 18 nitrogen and oxygen atoms in total. The second kappa shape index (κ2) is 23.6. The molecule has 2 aliphatic rings. The largest absolute Gasteiger partial charge is 0.384 e. The maximum atomic E-state index is 13.3. The first-order valence-electron chi connectivity index (χ1n) is 21.5. The molecule has 0 aliphatic carbocycles. The van der Waals surface area contributed by atoms with Crippen molar-refractivity contribution in [2.24, 2.45) is 5.73 Å². The Hall–Kier alpha value is -5.31. The van der Waals surface area contributed by atoms with Gasteiger partial charge >= 0.3 is 0 Å². The van der Waals surface area contributed by atoms with Crippen LogP contribution in [-0.2, 0) is 33.4 Å². The van der Waals surface area contributed by atoms with Gasteiger partial charge in [-0.2, -0.15) is 5.10 Å². The number of nitrogens with one attached hydrogen (secondary N) is 4. The van der Waals surface area contributed by atoms with Crippen molar-refractivity contribution in [1.82, 2.24) is 25.4 Å². The number of nitrogen functional groups attached to an aromatic ring is 1. The van der Waals surface area contributed by atoms with Crippen LogP contribution in [0.4, 0.5) is 23.0 Å². The molecule has 20 heteroatoms. The highest BCUT2D eigenvalue weighted by atomic mass is 35.5. The Morgan fingerprint density at radius 1 is 0.891 bits per heavy atom. The lowest BCUT2D eigenvalue weighted by molar-refractivity contribution is -0.136. The van der Waals surface area contributed by atoms with Crippen molar-refractivity contribution in [3.8, 4) is 0 Å². The Balaban J connectivity index is 0.770. The number of anilines is 4. The van der Waals surface area contributed by atoms with Gasteiger partial charge in [0, 0.05) is 80.2 Å². The van der Waals surface area contributed by atoms with E-state index in [9.17, 15) is 24.0 Å². The lowest BCUT2D eigenvalue weighted by Gasteiger charge is -2.37. The first-order valence-corrected chi connectivity index (χ1v) is 22.7. The van der Waals surface area contributed by atoms with E-state index in [0.717, 1.165) is 41.3 Å². The molecule has 2 saturated heterocycles. The van der Waals surface area contributed by atoms with Gasteiger partial charge in [-0.3, -0.25) is 29.3 Å². The summed E-state index contributed by atoms with van der Waals surface area (Å²) in [5, 5.41) is 16.8. The number of halogens is 1. The van der Waals surface area contributed by atoms with E-state index in [1.807, 2.05) is 24.3 Å². The molecule has 0 radical (unpaired) electrons. The maximum absolute atomic E-state index is 13.3. The summed E-state index contributed by atoms with van der Waals surface area (Å²) in [6.07, 6.45) is 4.99. The number of amides is 4. The lowest BCUT2D eigenvalue weighted by Crippen LogP contribution is -2.48. The number of carbonyl (C=O) groups excluding carboxylic acids is 4. The fourth-order valence-corrected chi connectivity index (χ4v) is 8.29. The average molecular weight is 922 g/mol. The van der Waals surface area contributed by atoms with Crippen LogP contribution < -0.4 is 43.2 Å². The van der Waals surface area contributed by atoms with Crippen molar-refractivity contribution in [3.05, 3.63) is 70.1 Å². The van der Waals surface area contributed by atoms with Crippen LogP contribution in [-0.4, -0.2) is 110 Å². The summed E-state index contributed by atoms with van der Waals surface area (Å²) in [5.41, 5.74) is 13.1. The van der Waals surface area contributed by atoms with Crippen LogP contribution in [0.15, 0.2) is 69.3 Å². The zero-order valence-electron chi connectivity index (χ0n) is 36.0. The summed E-state index contributed by atoms with van der Waals surface area (Å²) in [6, 6.07) is 13.8. The van der Waals surface area contributed by atoms with Crippen LogP contribution >= 0.6 is 23.4 Å². The van der Waals surface area contributed by atoms with Gasteiger partial charge in [0.2, 0.25) is 17.7 Å². The van der Waals surface area contributed by atoms with Crippen LogP contribution in [0.25, 0.3) is 10.8 Å². The van der Waals surface area contributed by atoms with Gasteiger partial charge in [0.25, 0.3) is 11.5 Å². The average Bonchev–Trinajstić information content (AvgIpc) is 3.26. The number of piperidine rings is 2. The number of hydrogen-bond donors (Lipinski definition) is 6. The third-order valence-electron chi connectivity index (χ3n) is 10.8. The Morgan fingerprint density at radius 2 is 1.56 bits per heavy atom. The zero-order chi connectivity index (χ0) is 45.5. The van der Waals surface area contributed by atoms with E-state index in [4.69, 9.17) is 37.3 Å². The van der Waals surface area contributed by atoms with E-state index >= 15 is 0 Å². The van der Waals surface area contributed by atoms with Gasteiger partial charge in [0.15, 0.2) is 0 Å². The van der Waals surface area contributed by atoms with Crippen molar-refractivity contribution >= 4 is 80.8 Å². The highest BCUT2D eigenvalue weighted by Gasteiger charge is 2.30. The van der Waals surface area contributed by atoms with Crippen LogP contribution in [0.5, 0.6) is 0 Å². The highest BCUT2D eigenvalue weighted by molar-refractivity contribution is 7.99. The lowest BCUT2D eigenvalue weighted by atomic mass is 9.91. The fourth-order valence-electron chi connectivity index (χ4n) is 7.13. The van der Waals surface area contributed by atoms with E-state index in [1.165, 1.54) is 11.8 Å². The van der Waals surface area contributed by atoms with Gasteiger partial charge in [-0.25, -0.2) is 9.67 Å². The summed E-state index contributed by atoms with van der Waals surface area (Å²) in [5.74, 6) is -0.244. The molecule has 64 heavy (non-hydrogen) atoms. The van der Waals surface area contributed by atoms with E-state index in [1.54, 1.807) is 30.5 Å². The zero-order valence-corrected chi connectivity index (χ0v) is 37.6. The van der Waals surface area contributed by atoms with Crippen molar-refractivity contribution in [2.75, 3.05) is 87.1 Å². The fraction of sp³-hybridized carbons (Fsp3) is 0.477. The van der Waals surface area contributed by atoms with Gasteiger partial charge < -0.3 is 46.5 Å². The summed E-state index contributed by atoms with van der Waals surface area (Å²) in [4.78, 5) is 70.6. The van der Waals surface area contributed by atoms with Crippen molar-refractivity contribution in [3.63, 3.8) is 0 Å². The molecular formula is C44H57ClN10O8S. The Morgan fingerprint density at radius 3 is 2.28 bits per heavy atom. The third-order valence-corrected chi connectivity index (χ3v) is 12.4. The van der Waals surface area contributed by atoms with Gasteiger partial charge in [-0.1, -0.05) is 41.6 Å². The quantitative estimate of drug-likeness (QED) is 0.0450. The molecular weight excluding hydrogens is 864 g/mol. The normalized spacial score (nSPS) is 16.1. The summed E-state index contributed by atoms with van der Waals surface area (Å²) in [7, 11) is 0.